The van der Waals surface area contributed by atoms with Gasteiger partial charge in [0, 0.05) is 19.0 Å². The van der Waals surface area contributed by atoms with Crippen LogP contribution in [0.3, 0.4) is 0 Å². The average molecular weight is 446 g/mol. The van der Waals surface area contributed by atoms with Gasteiger partial charge in [-0.15, -0.1) is 0 Å². The van der Waals surface area contributed by atoms with Crippen LogP contribution in [0.1, 0.15) is 18.4 Å². The summed E-state index contributed by atoms with van der Waals surface area (Å²) >= 11 is 0. The van der Waals surface area contributed by atoms with E-state index in [1.807, 2.05) is 0 Å². The standard InChI is InChI=1S/C21H22N2O7S/c1-29-17-12-14(9-10-20(25)26)13-18(21(17)30-2)31(27,28)22-15-6-3-4-7-16(15)23-11-5-8-19(23)24/h3-4,6-7,9-10,12-13,22H,5,8,11H2,1-2H3,(H,25,26)/b10-9+. The third-order valence-corrected chi connectivity index (χ3v) is 6.06. The minimum absolute atomic E-state index is 0.0304. The Labute approximate surface area is 179 Å². The van der Waals surface area contributed by atoms with Gasteiger partial charge >= 0.3 is 5.97 Å². The van der Waals surface area contributed by atoms with Crippen LogP contribution in [0.25, 0.3) is 6.08 Å². The Hall–Kier alpha value is -3.53. The van der Waals surface area contributed by atoms with Gasteiger partial charge in [0.2, 0.25) is 5.91 Å². The molecule has 9 nitrogen and oxygen atoms in total. The summed E-state index contributed by atoms with van der Waals surface area (Å²) in [7, 11) is -1.54. The first-order valence-electron chi connectivity index (χ1n) is 9.36. The predicted molar refractivity (Wildman–Crippen MR) is 115 cm³/mol. The molecule has 0 atom stereocenters. The normalized spacial score (nSPS) is 14.1. The largest absolute Gasteiger partial charge is 0.493 e. The smallest absolute Gasteiger partial charge is 0.328 e. The van der Waals surface area contributed by atoms with E-state index in [1.54, 1.807) is 29.2 Å². The van der Waals surface area contributed by atoms with Crippen LogP contribution in [-0.2, 0) is 19.6 Å². The maximum Gasteiger partial charge on any atom is 0.328 e. The highest BCUT2D eigenvalue weighted by Gasteiger charge is 2.28. The number of sulfonamides is 1. The van der Waals surface area contributed by atoms with Crippen molar-refractivity contribution in [3.8, 4) is 11.5 Å². The van der Waals surface area contributed by atoms with E-state index in [0.717, 1.165) is 6.08 Å². The monoisotopic (exact) mass is 446 g/mol. The summed E-state index contributed by atoms with van der Waals surface area (Å²) in [5.41, 5.74) is 0.995. The van der Waals surface area contributed by atoms with Crippen molar-refractivity contribution in [2.45, 2.75) is 17.7 Å². The fraction of sp³-hybridized carbons (Fsp3) is 0.238. The number of nitrogens with zero attached hydrogens (tertiary/aromatic N) is 1. The lowest BCUT2D eigenvalue weighted by Crippen LogP contribution is -2.25. The zero-order valence-corrected chi connectivity index (χ0v) is 17.8. The van der Waals surface area contributed by atoms with E-state index < -0.39 is 16.0 Å². The van der Waals surface area contributed by atoms with Gasteiger partial charge in [0.15, 0.2) is 11.5 Å². The molecule has 0 bridgehead atoms. The second kappa shape index (κ2) is 9.09. The molecule has 164 valence electrons. The Kier molecular flexibility index (Phi) is 6.50. The molecular formula is C21H22N2O7S. The van der Waals surface area contributed by atoms with Gasteiger partial charge in [0.05, 0.1) is 25.6 Å². The highest BCUT2D eigenvalue weighted by atomic mass is 32.2. The number of anilines is 2. The zero-order valence-electron chi connectivity index (χ0n) is 17.0. The fourth-order valence-corrected chi connectivity index (χ4v) is 4.60. The third-order valence-electron chi connectivity index (χ3n) is 4.69. The van der Waals surface area contributed by atoms with Crippen molar-refractivity contribution >= 4 is 39.4 Å². The van der Waals surface area contributed by atoms with Gasteiger partial charge in [-0.1, -0.05) is 12.1 Å². The summed E-state index contributed by atoms with van der Waals surface area (Å²) in [6.07, 6.45) is 3.24. The van der Waals surface area contributed by atoms with Gasteiger partial charge in [-0.2, -0.15) is 0 Å². The number of ether oxygens (including phenoxy) is 2. The van der Waals surface area contributed by atoms with E-state index in [2.05, 4.69) is 4.72 Å². The quantitative estimate of drug-likeness (QED) is 0.598. The van der Waals surface area contributed by atoms with Crippen molar-refractivity contribution < 1.29 is 32.6 Å². The summed E-state index contributed by atoms with van der Waals surface area (Å²) in [4.78, 5) is 24.3. The first-order valence-corrected chi connectivity index (χ1v) is 10.8. The summed E-state index contributed by atoms with van der Waals surface area (Å²) in [5.74, 6) is -1.16. The number of methoxy groups -OCH3 is 2. The van der Waals surface area contributed by atoms with E-state index in [9.17, 15) is 18.0 Å². The molecule has 2 N–H and O–H groups in total. The van der Waals surface area contributed by atoms with Gasteiger partial charge in [0.1, 0.15) is 4.90 Å². The molecule has 0 unspecified atom stereocenters. The number of nitrogens with one attached hydrogen (secondary N) is 1. The Balaban J connectivity index is 2.07. The van der Waals surface area contributed by atoms with E-state index in [-0.39, 0.29) is 28.0 Å². The summed E-state index contributed by atoms with van der Waals surface area (Å²) in [6.45, 7) is 0.504. The average Bonchev–Trinajstić information content (AvgIpc) is 3.17. The molecule has 3 rings (SSSR count). The second-order valence-electron chi connectivity index (χ2n) is 6.70. The first kappa shape index (κ1) is 22.2. The van der Waals surface area contributed by atoms with Crippen molar-refractivity contribution in [3.63, 3.8) is 0 Å². The second-order valence-corrected chi connectivity index (χ2v) is 8.35. The van der Waals surface area contributed by atoms with Crippen LogP contribution in [0.4, 0.5) is 11.4 Å². The predicted octanol–water partition coefficient (Wildman–Crippen LogP) is 2.73. The van der Waals surface area contributed by atoms with Crippen molar-refractivity contribution in [2.24, 2.45) is 0 Å². The number of carboxylic acids is 1. The van der Waals surface area contributed by atoms with Crippen molar-refractivity contribution in [1.29, 1.82) is 0 Å². The molecule has 1 saturated heterocycles. The summed E-state index contributed by atoms with van der Waals surface area (Å²) in [5, 5.41) is 8.88. The molecule has 0 aliphatic carbocycles. The van der Waals surface area contributed by atoms with Gasteiger partial charge in [-0.3, -0.25) is 9.52 Å². The van der Waals surface area contributed by atoms with Gasteiger partial charge in [-0.05, 0) is 42.3 Å². The molecule has 2 aromatic rings. The first-order chi connectivity index (χ1) is 14.8. The Morgan fingerprint density at radius 1 is 1.19 bits per heavy atom. The Morgan fingerprint density at radius 2 is 1.94 bits per heavy atom. The number of hydrogen-bond acceptors (Lipinski definition) is 6. The molecule has 1 fully saturated rings. The van der Waals surface area contributed by atoms with E-state index >= 15 is 0 Å². The molecule has 1 aliphatic heterocycles. The van der Waals surface area contributed by atoms with Crippen LogP contribution in [0.2, 0.25) is 0 Å². The molecule has 0 saturated carbocycles. The van der Waals surface area contributed by atoms with Crippen LogP contribution in [-0.4, -0.2) is 46.2 Å². The number of benzene rings is 2. The molecule has 1 heterocycles. The molecule has 0 radical (unpaired) electrons. The van der Waals surface area contributed by atoms with Gasteiger partial charge in [-0.25, -0.2) is 13.2 Å². The topological polar surface area (TPSA) is 122 Å². The third kappa shape index (κ3) is 4.80. The van der Waals surface area contributed by atoms with Crippen molar-refractivity contribution in [2.75, 3.05) is 30.4 Å². The van der Waals surface area contributed by atoms with Crippen LogP contribution < -0.4 is 19.1 Å². The number of para-hydroxylation sites is 2. The number of amides is 1. The fourth-order valence-electron chi connectivity index (χ4n) is 3.31. The number of carbonyl (C=O) groups excluding carboxylic acids is 1. The number of hydrogen-bond donors (Lipinski definition) is 2. The molecule has 1 amide bonds. The molecule has 1 aliphatic rings. The summed E-state index contributed by atoms with van der Waals surface area (Å²) < 4.78 is 39.6. The van der Waals surface area contributed by atoms with E-state index in [0.29, 0.717) is 30.6 Å². The molecule has 2 aromatic carbocycles. The van der Waals surface area contributed by atoms with Crippen LogP contribution in [0.5, 0.6) is 11.5 Å². The lowest BCUT2D eigenvalue weighted by Gasteiger charge is -2.21. The number of rotatable bonds is 8. The van der Waals surface area contributed by atoms with Crippen LogP contribution >= 0.6 is 0 Å². The minimum Gasteiger partial charge on any atom is -0.493 e. The summed E-state index contributed by atoms with van der Waals surface area (Å²) in [6, 6.07) is 9.37. The minimum atomic E-state index is -4.19. The Bertz CT molecular complexity index is 1140. The van der Waals surface area contributed by atoms with Gasteiger partial charge in [0.25, 0.3) is 10.0 Å². The molecule has 0 spiro atoms. The zero-order chi connectivity index (χ0) is 22.6. The maximum atomic E-state index is 13.3. The lowest BCUT2D eigenvalue weighted by molar-refractivity contribution is -0.131. The van der Waals surface area contributed by atoms with E-state index in [1.165, 1.54) is 32.4 Å². The highest BCUT2D eigenvalue weighted by molar-refractivity contribution is 7.92. The lowest BCUT2D eigenvalue weighted by atomic mass is 10.2. The van der Waals surface area contributed by atoms with E-state index in [4.69, 9.17) is 14.6 Å². The molecule has 0 aromatic heterocycles. The van der Waals surface area contributed by atoms with Crippen molar-refractivity contribution in [1.82, 2.24) is 0 Å². The van der Waals surface area contributed by atoms with Crippen molar-refractivity contribution in [3.05, 3.63) is 48.0 Å². The molecule has 10 heteroatoms. The molecule has 31 heavy (non-hydrogen) atoms. The van der Waals surface area contributed by atoms with Crippen LogP contribution in [0, 0.1) is 0 Å². The molecular weight excluding hydrogens is 424 g/mol. The number of carboxylic acid groups (broad SMARTS) is 1. The number of aliphatic carboxylic acids is 1. The maximum absolute atomic E-state index is 13.3. The highest BCUT2D eigenvalue weighted by Crippen LogP contribution is 2.38. The number of carbonyl (C=O) groups is 2. The SMILES string of the molecule is COc1cc(/C=C/C(=O)O)cc(S(=O)(=O)Nc2ccccc2N2CCCC2=O)c1OC. The van der Waals surface area contributed by atoms with Gasteiger partial charge < -0.3 is 19.5 Å². The Morgan fingerprint density at radius 3 is 2.55 bits per heavy atom. The van der Waals surface area contributed by atoms with Crippen LogP contribution in [0.15, 0.2) is 47.4 Å².